The molecule has 0 N–H and O–H groups in total. The summed E-state index contributed by atoms with van der Waals surface area (Å²) >= 11 is 0. The molecule has 45 valence electrons. The minimum atomic E-state index is -0.451. The molecule has 0 spiro atoms. The molecule has 0 heterocycles. The molecule has 0 aromatic heterocycles. The monoisotopic (exact) mass is 141 g/mol. The first kappa shape index (κ1) is 6.42. The van der Waals surface area contributed by atoms with Gasteiger partial charge in [-0.15, -0.1) is 0 Å². The number of benzene rings is 1. The summed E-state index contributed by atoms with van der Waals surface area (Å²) in [5, 5.41) is 0.148. The predicted octanol–water partition coefficient (Wildman–Crippen LogP) is 0.759. The lowest BCUT2D eigenvalue weighted by Gasteiger charge is -1.92. The minimum Gasteiger partial charge on any atom is -0.207 e. The number of rotatable bonds is 0. The third-order valence-corrected chi connectivity index (χ3v) is 1.31. The molecule has 3 heteroatoms. The molecule has 0 saturated heterocycles. The molecular weight excluding hydrogens is 138 g/mol. The van der Waals surface area contributed by atoms with Crippen molar-refractivity contribution in [1.29, 1.82) is 0 Å². The molecule has 0 atom stereocenters. The average Bonchev–Trinajstić information content (AvgIpc) is 1.80. The van der Waals surface area contributed by atoms with Gasteiger partial charge >= 0.3 is 0 Å². The molecule has 1 aromatic carbocycles. The lowest BCUT2D eigenvalue weighted by molar-refractivity contribution is 0.607. The second kappa shape index (κ2) is 2.27. The normalized spacial score (nSPS) is 9.67. The van der Waals surface area contributed by atoms with E-state index in [2.05, 4.69) is 10.2 Å². The first-order valence-corrected chi connectivity index (χ1v) is 2.87. The van der Waals surface area contributed by atoms with Gasteiger partial charge in [0.1, 0.15) is 11.6 Å². The molecule has 9 heavy (non-hydrogen) atoms. The fraction of sp³-hybridized carbons (Fsp3) is 0. The summed E-state index contributed by atoms with van der Waals surface area (Å²) in [6.07, 6.45) is 0. The van der Waals surface area contributed by atoms with Crippen molar-refractivity contribution in [2.75, 3.05) is 0 Å². The van der Waals surface area contributed by atoms with Crippen molar-refractivity contribution < 1.29 is 8.78 Å². The molecule has 1 rings (SSSR count). The van der Waals surface area contributed by atoms with Crippen molar-refractivity contribution in [3.8, 4) is 0 Å². The van der Waals surface area contributed by atoms with Crippen LogP contribution in [0.4, 0.5) is 8.78 Å². The van der Waals surface area contributed by atoms with Crippen LogP contribution in [0, 0.1) is 11.6 Å². The summed E-state index contributed by atoms with van der Waals surface area (Å²) in [6.45, 7) is 0. The van der Waals surface area contributed by atoms with E-state index in [9.17, 15) is 8.78 Å². The summed E-state index contributed by atoms with van der Waals surface area (Å²) in [7, 11) is 2.88. The average molecular weight is 141 g/mol. The van der Waals surface area contributed by atoms with E-state index < -0.39 is 11.6 Å². The van der Waals surface area contributed by atoms with Crippen molar-refractivity contribution in [3.05, 3.63) is 29.8 Å². The lowest BCUT2D eigenvalue weighted by atomic mass is 10.3. The third kappa shape index (κ3) is 1.35. The predicted molar refractivity (Wildman–Crippen MR) is 31.7 cm³/mol. The van der Waals surface area contributed by atoms with Crippen LogP contribution in [-0.4, -0.2) is 10.2 Å². The first-order valence-electron chi connectivity index (χ1n) is 2.37. The Morgan fingerprint density at radius 3 is 2.33 bits per heavy atom. The Kier molecular flexibility index (Phi) is 1.62. The summed E-state index contributed by atoms with van der Waals surface area (Å²) in [5.41, 5.74) is 0. The molecule has 0 amide bonds. The zero-order chi connectivity index (χ0) is 6.85. The van der Waals surface area contributed by atoms with Gasteiger partial charge in [-0.05, 0) is 23.4 Å². The molecule has 0 saturated carbocycles. The zero-order valence-electron chi connectivity index (χ0n) is 4.49. The fourth-order valence-corrected chi connectivity index (χ4v) is 0.719. The molecule has 0 aliphatic carbocycles. The topological polar surface area (TPSA) is 0 Å². The maximum Gasteiger partial charge on any atom is 0.123 e. The van der Waals surface area contributed by atoms with Gasteiger partial charge in [-0.2, -0.15) is 0 Å². The van der Waals surface area contributed by atoms with Gasteiger partial charge < -0.3 is 0 Å². The molecule has 0 nitrogen and oxygen atoms in total. The lowest BCUT2D eigenvalue weighted by Crippen LogP contribution is -2.07. The Morgan fingerprint density at radius 1 is 1.22 bits per heavy atom. The van der Waals surface area contributed by atoms with E-state index in [4.69, 9.17) is 0 Å². The number of hydrogen-bond donors (Lipinski definition) is 0. The van der Waals surface area contributed by atoms with Crippen LogP contribution < -0.4 is 5.19 Å². The van der Waals surface area contributed by atoms with Gasteiger partial charge in [0, 0.05) is 0 Å². The van der Waals surface area contributed by atoms with E-state index in [-0.39, 0.29) is 5.19 Å². The molecule has 0 unspecified atom stereocenters. The van der Waals surface area contributed by atoms with Crippen molar-refractivity contribution >= 4 is 15.4 Å². The molecule has 0 fully saturated rings. The smallest absolute Gasteiger partial charge is 0.123 e. The van der Waals surface area contributed by atoms with Crippen LogP contribution >= 0.6 is 0 Å². The van der Waals surface area contributed by atoms with Crippen molar-refractivity contribution in [2.45, 2.75) is 0 Å². The minimum absolute atomic E-state index is 0.148. The van der Waals surface area contributed by atoms with Gasteiger partial charge in [-0.3, -0.25) is 0 Å². The van der Waals surface area contributed by atoms with Crippen LogP contribution in [0.2, 0.25) is 0 Å². The second-order valence-electron chi connectivity index (χ2n) is 1.62. The Morgan fingerprint density at radius 2 is 1.89 bits per heavy atom. The van der Waals surface area contributed by atoms with Crippen LogP contribution in [0.25, 0.3) is 0 Å². The van der Waals surface area contributed by atoms with E-state index >= 15 is 0 Å². The van der Waals surface area contributed by atoms with Crippen molar-refractivity contribution in [3.63, 3.8) is 0 Å². The molecule has 1 aromatic rings. The van der Waals surface area contributed by atoms with Gasteiger partial charge in [0.15, 0.2) is 0 Å². The van der Waals surface area contributed by atoms with Gasteiger partial charge in [0.25, 0.3) is 0 Å². The maximum absolute atomic E-state index is 12.3. The molecule has 0 bridgehead atoms. The highest BCUT2D eigenvalue weighted by molar-refractivity contribution is 6.32. The van der Waals surface area contributed by atoms with Crippen molar-refractivity contribution in [2.24, 2.45) is 0 Å². The first-order chi connectivity index (χ1) is 4.20. The number of halogens is 2. The summed E-state index contributed by atoms with van der Waals surface area (Å²) in [5.74, 6) is -0.894. The summed E-state index contributed by atoms with van der Waals surface area (Å²) in [4.78, 5) is 0. The Bertz CT molecular complexity index is 222. The fourth-order valence-electron chi connectivity index (χ4n) is 0.497. The molecule has 3 radical (unpaired) electrons. The largest absolute Gasteiger partial charge is 0.207 e. The van der Waals surface area contributed by atoms with E-state index in [0.717, 1.165) is 18.2 Å². The second-order valence-corrected chi connectivity index (χ2v) is 2.16. The zero-order valence-corrected chi connectivity index (χ0v) is 5.49. The SMILES string of the molecule is Fc1ccc(F)c([Si])c1. The standard InChI is InChI=1S/C6H3F2Si/c7-4-1-2-5(8)6(9)3-4/h1-3H. The summed E-state index contributed by atoms with van der Waals surface area (Å²) in [6, 6.07) is 3.21. The highest BCUT2D eigenvalue weighted by atomic mass is 28.1. The van der Waals surface area contributed by atoms with Gasteiger partial charge in [-0.1, -0.05) is 0 Å². The molecule has 0 aliphatic heterocycles. The van der Waals surface area contributed by atoms with Gasteiger partial charge in [0.05, 0.1) is 10.2 Å². The third-order valence-electron chi connectivity index (χ3n) is 0.928. The highest BCUT2D eigenvalue weighted by Gasteiger charge is 1.95. The van der Waals surface area contributed by atoms with Crippen LogP contribution in [0.15, 0.2) is 18.2 Å². The van der Waals surface area contributed by atoms with E-state index in [1.165, 1.54) is 0 Å². The maximum atomic E-state index is 12.3. The number of hydrogen-bond acceptors (Lipinski definition) is 0. The van der Waals surface area contributed by atoms with E-state index in [1.54, 1.807) is 0 Å². The van der Waals surface area contributed by atoms with E-state index in [1.807, 2.05) is 0 Å². The van der Waals surface area contributed by atoms with Gasteiger partial charge in [-0.25, -0.2) is 8.78 Å². The quantitative estimate of drug-likeness (QED) is 0.468. The molecular formula is C6H3F2Si. The van der Waals surface area contributed by atoms with Crippen LogP contribution in [-0.2, 0) is 0 Å². The summed E-state index contributed by atoms with van der Waals surface area (Å²) < 4.78 is 24.4. The van der Waals surface area contributed by atoms with Crippen LogP contribution in [0.3, 0.4) is 0 Å². The van der Waals surface area contributed by atoms with Crippen molar-refractivity contribution in [1.82, 2.24) is 0 Å². The van der Waals surface area contributed by atoms with E-state index in [0.29, 0.717) is 0 Å². The van der Waals surface area contributed by atoms with Crippen LogP contribution in [0.1, 0.15) is 0 Å². The van der Waals surface area contributed by atoms with Gasteiger partial charge in [0.2, 0.25) is 0 Å². The Labute approximate surface area is 54.9 Å². The molecule has 0 aliphatic rings. The highest BCUT2D eigenvalue weighted by Crippen LogP contribution is 1.95. The Balaban J connectivity index is 3.17. The van der Waals surface area contributed by atoms with Crippen LogP contribution in [0.5, 0.6) is 0 Å². The Hall–Kier alpha value is -0.703.